The Morgan fingerprint density at radius 2 is 1.12 bits per heavy atom. The number of hydrogen-bond acceptors (Lipinski definition) is 3. The molecule has 1 saturated heterocycles. The normalized spacial score (nSPS) is 41.2. The molecule has 0 aromatic rings. The quantitative estimate of drug-likeness (QED) is 0.214. The minimum atomic E-state index is -0.742. The highest BCUT2D eigenvalue weighted by molar-refractivity contribution is 8.07. The lowest BCUT2D eigenvalue weighted by atomic mass is 9.69. The maximum Gasteiger partial charge on any atom is 0.322 e. The SMILES string of the molecule is CC1(C2=PC3(C4(C)CCCCC4)P=C(C4(C)CCCCC4)P2C2C(=O)OC(=O)C23)CCCCC1. The van der Waals surface area contributed by atoms with Gasteiger partial charge in [0.05, 0.1) is 10.8 Å². The largest absolute Gasteiger partial charge is 0.392 e. The second-order valence-electron chi connectivity index (χ2n) is 13.0. The van der Waals surface area contributed by atoms with Crippen LogP contribution in [-0.4, -0.2) is 32.6 Å². The van der Waals surface area contributed by atoms with Crippen molar-refractivity contribution in [2.24, 2.45) is 22.2 Å². The first-order valence-corrected chi connectivity index (χ1v) is 17.2. The molecule has 0 aromatic carbocycles. The van der Waals surface area contributed by atoms with Crippen molar-refractivity contribution >= 4 is 46.3 Å². The van der Waals surface area contributed by atoms with Gasteiger partial charge < -0.3 is 4.74 Å². The van der Waals surface area contributed by atoms with Gasteiger partial charge in [0.2, 0.25) is 0 Å². The minimum Gasteiger partial charge on any atom is -0.392 e. The first-order valence-electron chi connectivity index (χ1n) is 14.0. The number of carbonyl (C=O) groups is 2. The standard InChI is InChI=1S/C28H41O3P3/c1-25(13-7-4-8-14-25)23-32-28(27(3)17-11-6-12-18-27)19-20(22(30)31-21(19)29)34(23)24(33-28)26(2)15-9-5-10-16-26/h19-20H,4-18H2,1-3H3. The average Bonchev–Trinajstić information content (AvgIpc) is 3.16. The summed E-state index contributed by atoms with van der Waals surface area (Å²) in [6.07, 6.45) is 19.2. The lowest BCUT2D eigenvalue weighted by Gasteiger charge is -2.60. The smallest absolute Gasteiger partial charge is 0.322 e. The molecule has 4 aliphatic heterocycles. The highest BCUT2D eigenvalue weighted by Crippen LogP contribution is 2.80. The van der Waals surface area contributed by atoms with E-state index in [-0.39, 0.29) is 44.7 Å². The monoisotopic (exact) mass is 518 g/mol. The van der Waals surface area contributed by atoms with Gasteiger partial charge in [-0.05, 0) is 72.8 Å². The van der Waals surface area contributed by atoms with Gasteiger partial charge in [-0.3, -0.25) is 9.59 Å². The van der Waals surface area contributed by atoms with Crippen LogP contribution in [0.4, 0.5) is 0 Å². The van der Waals surface area contributed by atoms with Gasteiger partial charge in [-0.2, -0.15) is 0 Å². The molecule has 0 amide bonds. The molecule has 3 nitrogen and oxygen atoms in total. The topological polar surface area (TPSA) is 43.4 Å². The lowest BCUT2D eigenvalue weighted by Crippen LogP contribution is -2.57. The molecule has 4 heterocycles. The first-order chi connectivity index (χ1) is 16.2. The second-order valence-corrected chi connectivity index (χ2v) is 19.0. The Bertz CT molecular complexity index is 906. The number of carbonyl (C=O) groups excluding carboxylic acids is 2. The van der Waals surface area contributed by atoms with E-state index < -0.39 is 7.92 Å². The van der Waals surface area contributed by atoms with E-state index >= 15 is 0 Å². The van der Waals surface area contributed by atoms with E-state index in [1.54, 1.807) is 10.1 Å². The minimum absolute atomic E-state index is 0.106. The summed E-state index contributed by atoms with van der Waals surface area (Å²) in [7, 11) is 2.15. The molecule has 34 heavy (non-hydrogen) atoms. The Kier molecular flexibility index (Phi) is 6.04. The molecule has 3 saturated carbocycles. The zero-order chi connectivity index (χ0) is 23.8. The zero-order valence-electron chi connectivity index (χ0n) is 21.3. The van der Waals surface area contributed by atoms with Crippen LogP contribution in [0.15, 0.2) is 0 Å². The van der Waals surface area contributed by atoms with Gasteiger partial charge in [-0.1, -0.05) is 95.0 Å². The molecule has 0 spiro atoms. The van der Waals surface area contributed by atoms with E-state index in [9.17, 15) is 9.59 Å². The maximum absolute atomic E-state index is 13.5. The number of cyclic esters (lactones) is 2. The highest BCUT2D eigenvalue weighted by atomic mass is 31.2. The number of esters is 2. The summed E-state index contributed by atoms with van der Waals surface area (Å²) in [5.74, 6) is -0.539. The van der Waals surface area contributed by atoms with Crippen molar-refractivity contribution in [3.05, 3.63) is 0 Å². The van der Waals surface area contributed by atoms with Crippen molar-refractivity contribution in [1.29, 1.82) is 0 Å². The second kappa shape index (κ2) is 8.47. The summed E-state index contributed by atoms with van der Waals surface area (Å²) in [6.45, 7) is 7.56. The first kappa shape index (κ1) is 24.3. The van der Waals surface area contributed by atoms with E-state index in [0.29, 0.717) is 0 Å². The molecule has 0 aromatic heterocycles. The van der Waals surface area contributed by atoms with Crippen molar-refractivity contribution in [3.63, 3.8) is 0 Å². The van der Waals surface area contributed by atoms with Gasteiger partial charge in [0.25, 0.3) is 0 Å². The number of ether oxygens (including phenoxy) is 1. The van der Waals surface area contributed by atoms with Crippen molar-refractivity contribution in [3.8, 4) is 0 Å². The van der Waals surface area contributed by atoms with Crippen LogP contribution in [0, 0.1) is 22.2 Å². The lowest BCUT2D eigenvalue weighted by molar-refractivity contribution is -0.153. The molecule has 0 N–H and O–H groups in total. The van der Waals surface area contributed by atoms with E-state index in [4.69, 9.17) is 4.74 Å². The predicted molar refractivity (Wildman–Crippen MR) is 145 cm³/mol. The molecule has 2 bridgehead atoms. The summed E-state index contributed by atoms with van der Waals surface area (Å²) in [6, 6.07) is 0. The average molecular weight is 519 g/mol. The molecule has 3 aliphatic carbocycles. The van der Waals surface area contributed by atoms with Gasteiger partial charge in [-0.25, -0.2) is 0 Å². The van der Waals surface area contributed by atoms with Crippen LogP contribution in [0.3, 0.4) is 0 Å². The molecule has 6 heteroatoms. The van der Waals surface area contributed by atoms with Crippen LogP contribution in [0.2, 0.25) is 0 Å². The number of hydrogen-bond donors (Lipinski definition) is 0. The van der Waals surface area contributed by atoms with Gasteiger partial charge >= 0.3 is 11.9 Å². The molecular formula is C28H41O3P3. The summed E-state index contributed by atoms with van der Waals surface area (Å²) < 4.78 is 5.59. The fourth-order valence-electron chi connectivity index (χ4n) is 8.39. The Labute approximate surface area is 210 Å². The molecule has 2 atom stereocenters. The van der Waals surface area contributed by atoms with E-state index in [0.717, 1.165) is 0 Å². The Hall–Kier alpha value is -0.0900. The van der Waals surface area contributed by atoms with Crippen molar-refractivity contribution in [1.82, 2.24) is 0 Å². The molecule has 0 radical (unpaired) electrons. The van der Waals surface area contributed by atoms with Crippen LogP contribution < -0.4 is 0 Å². The predicted octanol–water partition coefficient (Wildman–Crippen LogP) is 8.32. The molecular weight excluding hydrogens is 477 g/mol. The summed E-state index contributed by atoms with van der Waals surface area (Å²) in [5, 5.41) is 3.42. The van der Waals surface area contributed by atoms with Gasteiger partial charge in [0.1, 0.15) is 5.66 Å². The summed E-state index contributed by atoms with van der Waals surface area (Å²) in [5.41, 5.74) is 0.372. The molecule has 186 valence electrons. The van der Waals surface area contributed by atoms with E-state index in [2.05, 4.69) is 20.8 Å². The van der Waals surface area contributed by atoms with Crippen molar-refractivity contribution in [2.75, 3.05) is 0 Å². The third kappa shape index (κ3) is 3.38. The van der Waals surface area contributed by atoms with Gasteiger partial charge in [0.15, 0.2) is 0 Å². The summed E-state index contributed by atoms with van der Waals surface area (Å²) in [4.78, 5) is 26.8. The molecule has 7 aliphatic rings. The molecule has 4 fully saturated rings. The fourth-order valence-corrected chi connectivity index (χ4v) is 19.9. The Morgan fingerprint density at radius 1 is 0.676 bits per heavy atom. The van der Waals surface area contributed by atoms with Crippen LogP contribution in [0.1, 0.15) is 117 Å². The van der Waals surface area contributed by atoms with E-state index in [1.165, 1.54) is 113 Å². The van der Waals surface area contributed by atoms with Crippen LogP contribution in [0.5, 0.6) is 0 Å². The van der Waals surface area contributed by atoms with Crippen molar-refractivity contribution < 1.29 is 14.3 Å². The van der Waals surface area contributed by atoms with Crippen molar-refractivity contribution in [2.45, 2.75) is 128 Å². The molecule has 7 rings (SSSR count). The Morgan fingerprint density at radius 3 is 1.59 bits per heavy atom. The third-order valence-electron chi connectivity index (χ3n) is 10.6. The van der Waals surface area contributed by atoms with Gasteiger partial charge in [0, 0.05) is 0 Å². The highest BCUT2D eigenvalue weighted by Gasteiger charge is 2.71. The van der Waals surface area contributed by atoms with E-state index in [1.807, 2.05) is 0 Å². The Balaban J connectivity index is 1.60. The fraction of sp³-hybridized carbons (Fsp3) is 0.857. The van der Waals surface area contributed by atoms with Crippen LogP contribution >= 0.6 is 24.3 Å². The molecule has 2 unspecified atom stereocenters. The van der Waals surface area contributed by atoms with Crippen LogP contribution in [-0.2, 0) is 14.3 Å². The van der Waals surface area contributed by atoms with Crippen LogP contribution in [0.25, 0.3) is 0 Å². The van der Waals surface area contributed by atoms with Gasteiger partial charge in [-0.15, -0.1) is 0 Å². The maximum atomic E-state index is 13.5. The zero-order valence-corrected chi connectivity index (χ0v) is 24.0. The third-order valence-corrected chi connectivity index (χ3v) is 19.9. The summed E-state index contributed by atoms with van der Waals surface area (Å²) >= 11 is 0. The number of rotatable bonds is 3.